The summed E-state index contributed by atoms with van der Waals surface area (Å²) in [6, 6.07) is 11.9. The fourth-order valence-electron chi connectivity index (χ4n) is 4.73. The SMILES string of the molecule is O=C(CCNCC#CCOc1ccc(C(F)(F)F)cc1)N1CCc2nc(SC3CCC3)n(-c3ccccc3S)c(=O)c2C1. The third-order valence-electron chi connectivity index (χ3n) is 7.35. The number of fused-ring (bicyclic) bond motifs is 1. The standard InChI is InChI=1S/C31H31F3N4O3S2/c32-31(33,34)21-10-12-22(13-11-21)41-19-4-3-16-35-17-14-28(39)37-18-15-25-24(20-37)29(40)38(26-8-1-2-9-27(26)42)30(36-25)43-23-6-5-7-23/h1-2,8-13,23,35,42H,5-7,14-20H2. The van der Waals surface area contributed by atoms with Gasteiger partial charge in [0, 0.05) is 36.1 Å². The summed E-state index contributed by atoms with van der Waals surface area (Å²) < 4.78 is 44.9. The quantitative estimate of drug-likeness (QED) is 0.148. The van der Waals surface area contributed by atoms with Gasteiger partial charge in [-0.1, -0.05) is 42.2 Å². The van der Waals surface area contributed by atoms with Crippen LogP contribution in [0.3, 0.4) is 0 Å². The van der Waals surface area contributed by atoms with E-state index in [1.807, 2.05) is 24.3 Å². The second-order valence-electron chi connectivity index (χ2n) is 10.3. The maximum Gasteiger partial charge on any atom is 0.416 e. The number of alkyl halides is 3. The highest BCUT2D eigenvalue weighted by Crippen LogP contribution is 2.37. The first-order valence-corrected chi connectivity index (χ1v) is 15.4. The van der Waals surface area contributed by atoms with Crippen LogP contribution in [0.4, 0.5) is 13.2 Å². The van der Waals surface area contributed by atoms with E-state index in [4.69, 9.17) is 9.72 Å². The van der Waals surface area contributed by atoms with E-state index in [-0.39, 0.29) is 31.0 Å². The third-order valence-corrected chi connectivity index (χ3v) is 9.01. The molecule has 5 rings (SSSR count). The number of carbonyl (C=O) groups excluding carboxylic acids is 1. The lowest BCUT2D eigenvalue weighted by Crippen LogP contribution is -2.42. The van der Waals surface area contributed by atoms with E-state index < -0.39 is 11.7 Å². The summed E-state index contributed by atoms with van der Waals surface area (Å²) >= 11 is 6.24. The van der Waals surface area contributed by atoms with Crippen molar-refractivity contribution < 1.29 is 22.7 Å². The van der Waals surface area contributed by atoms with Crippen molar-refractivity contribution in [1.29, 1.82) is 0 Å². The number of carbonyl (C=O) groups is 1. The Kier molecular flexibility index (Phi) is 10.1. The van der Waals surface area contributed by atoms with Crippen LogP contribution >= 0.6 is 24.4 Å². The van der Waals surface area contributed by atoms with Crippen LogP contribution in [0.1, 0.15) is 42.5 Å². The molecule has 1 saturated carbocycles. The molecule has 0 radical (unpaired) electrons. The molecule has 3 aromatic rings. The highest BCUT2D eigenvalue weighted by molar-refractivity contribution is 7.99. The van der Waals surface area contributed by atoms with Gasteiger partial charge in [-0.3, -0.25) is 14.2 Å². The number of para-hydroxylation sites is 1. The first kappa shape index (κ1) is 31.0. The molecule has 1 aliphatic carbocycles. The molecule has 0 atom stereocenters. The van der Waals surface area contributed by atoms with Crippen molar-refractivity contribution in [2.45, 2.75) is 60.1 Å². The van der Waals surface area contributed by atoms with E-state index in [2.05, 4.69) is 29.8 Å². The topological polar surface area (TPSA) is 76.5 Å². The Morgan fingerprint density at radius 2 is 1.91 bits per heavy atom. The van der Waals surface area contributed by atoms with E-state index in [0.717, 1.165) is 30.7 Å². The number of hydrogen-bond donors (Lipinski definition) is 2. The Morgan fingerprint density at radius 3 is 2.60 bits per heavy atom. The second-order valence-corrected chi connectivity index (χ2v) is 12.0. The summed E-state index contributed by atoms with van der Waals surface area (Å²) in [5, 5.41) is 4.23. The fraction of sp³-hybridized carbons (Fsp3) is 0.387. The number of aromatic nitrogens is 2. The van der Waals surface area contributed by atoms with E-state index >= 15 is 0 Å². The number of thioether (sulfide) groups is 1. The molecule has 2 aliphatic rings. The molecule has 1 aliphatic heterocycles. The molecule has 12 heteroatoms. The van der Waals surface area contributed by atoms with Gasteiger partial charge in [0.15, 0.2) is 5.16 Å². The highest BCUT2D eigenvalue weighted by atomic mass is 32.2. The maximum absolute atomic E-state index is 13.8. The van der Waals surface area contributed by atoms with E-state index in [9.17, 15) is 22.8 Å². The van der Waals surface area contributed by atoms with E-state index in [0.29, 0.717) is 58.4 Å². The summed E-state index contributed by atoms with van der Waals surface area (Å²) in [5.74, 6) is 5.89. The Labute approximate surface area is 257 Å². The van der Waals surface area contributed by atoms with Crippen LogP contribution < -0.4 is 15.6 Å². The number of rotatable bonds is 9. The Bertz CT molecular complexity index is 1580. The van der Waals surface area contributed by atoms with Crippen LogP contribution in [0.5, 0.6) is 5.75 Å². The predicted molar refractivity (Wildman–Crippen MR) is 162 cm³/mol. The predicted octanol–water partition coefficient (Wildman–Crippen LogP) is 5.13. The van der Waals surface area contributed by atoms with Crippen molar-refractivity contribution in [3.8, 4) is 23.3 Å². The molecule has 7 nitrogen and oxygen atoms in total. The monoisotopic (exact) mass is 628 g/mol. The van der Waals surface area contributed by atoms with Crippen LogP contribution in [0.2, 0.25) is 0 Å². The number of hydrogen-bond acceptors (Lipinski definition) is 7. The molecule has 0 spiro atoms. The van der Waals surface area contributed by atoms with Crippen molar-refractivity contribution >= 4 is 30.3 Å². The Morgan fingerprint density at radius 1 is 1.14 bits per heavy atom. The zero-order valence-electron chi connectivity index (χ0n) is 23.3. The minimum atomic E-state index is -4.39. The number of benzene rings is 2. The van der Waals surface area contributed by atoms with Gasteiger partial charge in [-0.25, -0.2) is 4.98 Å². The lowest BCUT2D eigenvalue weighted by Gasteiger charge is -2.30. The summed E-state index contributed by atoms with van der Waals surface area (Å²) in [7, 11) is 0. The number of ether oxygens (including phenoxy) is 1. The normalized spacial score (nSPS) is 14.8. The second kappa shape index (κ2) is 13.9. The van der Waals surface area contributed by atoms with Gasteiger partial charge in [0.25, 0.3) is 5.56 Å². The summed E-state index contributed by atoms with van der Waals surface area (Å²) in [6.45, 7) is 1.47. The first-order valence-electron chi connectivity index (χ1n) is 14.0. The van der Waals surface area contributed by atoms with Crippen LogP contribution in [0, 0.1) is 11.8 Å². The van der Waals surface area contributed by atoms with Gasteiger partial charge in [0.1, 0.15) is 12.4 Å². The lowest BCUT2D eigenvalue weighted by atomic mass is 10.0. The molecule has 1 N–H and O–H groups in total. The largest absolute Gasteiger partial charge is 0.481 e. The molecule has 0 bridgehead atoms. The number of halogens is 3. The zero-order valence-corrected chi connectivity index (χ0v) is 25.0. The van der Waals surface area contributed by atoms with Crippen molar-refractivity contribution in [3.05, 3.63) is 75.7 Å². The molecule has 1 aromatic heterocycles. The van der Waals surface area contributed by atoms with Crippen LogP contribution in [0.25, 0.3) is 5.69 Å². The molecule has 1 amide bonds. The minimum absolute atomic E-state index is 0.0310. The smallest absolute Gasteiger partial charge is 0.416 e. The summed E-state index contributed by atoms with van der Waals surface area (Å²) in [6.07, 6.45) is -0.211. The van der Waals surface area contributed by atoms with E-state index in [1.165, 1.54) is 18.6 Å². The molecular weight excluding hydrogens is 597 g/mol. The number of nitrogens with zero attached hydrogens (tertiary/aromatic N) is 3. The number of amides is 1. The molecule has 226 valence electrons. The number of thiol groups is 1. The van der Waals surface area contributed by atoms with Gasteiger partial charge in [-0.15, -0.1) is 12.6 Å². The Balaban J connectivity index is 1.13. The fourth-order valence-corrected chi connectivity index (χ4v) is 6.30. The van der Waals surface area contributed by atoms with Gasteiger partial charge >= 0.3 is 6.18 Å². The third kappa shape index (κ3) is 7.77. The number of nitrogens with one attached hydrogen (secondary N) is 1. The van der Waals surface area contributed by atoms with Crippen molar-refractivity contribution in [1.82, 2.24) is 19.8 Å². The lowest BCUT2D eigenvalue weighted by molar-refractivity contribution is -0.137. The van der Waals surface area contributed by atoms with E-state index in [1.54, 1.807) is 21.2 Å². The molecule has 0 unspecified atom stereocenters. The molecule has 43 heavy (non-hydrogen) atoms. The van der Waals surface area contributed by atoms with Crippen LogP contribution in [-0.4, -0.2) is 51.8 Å². The highest BCUT2D eigenvalue weighted by Gasteiger charge is 2.30. The summed E-state index contributed by atoms with van der Waals surface area (Å²) in [5.41, 5.74) is 1.10. The molecule has 0 saturated heterocycles. The van der Waals surface area contributed by atoms with Crippen LogP contribution in [-0.2, 0) is 23.9 Å². The average Bonchev–Trinajstić information content (AvgIpc) is 2.96. The van der Waals surface area contributed by atoms with Gasteiger partial charge in [-0.05, 0) is 49.2 Å². The minimum Gasteiger partial charge on any atom is -0.481 e. The zero-order chi connectivity index (χ0) is 30.4. The Hall–Kier alpha value is -3.40. The first-order chi connectivity index (χ1) is 20.7. The molecule has 2 heterocycles. The van der Waals surface area contributed by atoms with Crippen molar-refractivity contribution in [2.75, 3.05) is 26.2 Å². The van der Waals surface area contributed by atoms with Gasteiger partial charge in [0.05, 0.1) is 35.6 Å². The van der Waals surface area contributed by atoms with Crippen molar-refractivity contribution in [2.24, 2.45) is 0 Å². The average molecular weight is 629 g/mol. The van der Waals surface area contributed by atoms with Gasteiger partial charge in [-0.2, -0.15) is 13.2 Å². The summed E-state index contributed by atoms with van der Waals surface area (Å²) in [4.78, 5) is 34.1. The van der Waals surface area contributed by atoms with Gasteiger partial charge in [0.2, 0.25) is 5.91 Å². The van der Waals surface area contributed by atoms with Crippen LogP contribution in [0.15, 0.2) is 63.4 Å². The van der Waals surface area contributed by atoms with Gasteiger partial charge < -0.3 is 15.0 Å². The molecular formula is C31H31F3N4O3S2. The maximum atomic E-state index is 13.8. The molecule has 1 fully saturated rings. The van der Waals surface area contributed by atoms with Crippen molar-refractivity contribution in [3.63, 3.8) is 0 Å². The molecule has 2 aromatic carbocycles.